The number of hydrogen-bond acceptors (Lipinski definition) is 4. The molecule has 0 amide bonds. The van der Waals surface area contributed by atoms with Gasteiger partial charge in [0.15, 0.2) is 0 Å². The predicted molar refractivity (Wildman–Crippen MR) is 81.7 cm³/mol. The van der Waals surface area contributed by atoms with E-state index in [4.69, 9.17) is 11.6 Å². The molecule has 1 N–H and O–H groups in total. The molecule has 0 spiro atoms. The van der Waals surface area contributed by atoms with E-state index in [-0.39, 0.29) is 6.10 Å². The van der Waals surface area contributed by atoms with Crippen molar-refractivity contribution in [3.05, 3.63) is 29.0 Å². The van der Waals surface area contributed by atoms with Crippen LogP contribution in [0.3, 0.4) is 0 Å². The highest BCUT2D eigenvalue weighted by atomic mass is 35.5. The van der Waals surface area contributed by atoms with E-state index < -0.39 is 0 Å². The van der Waals surface area contributed by atoms with Crippen molar-refractivity contribution in [1.29, 1.82) is 0 Å². The monoisotopic (exact) mass is 303 g/mol. The molecule has 100 valence electrons. The molecule has 1 fully saturated rings. The Morgan fingerprint density at radius 2 is 2.28 bits per heavy atom. The number of aliphatic hydroxyl groups excluding tert-OH is 1. The van der Waals surface area contributed by atoms with Crippen molar-refractivity contribution in [2.75, 3.05) is 5.75 Å². The van der Waals surface area contributed by atoms with E-state index in [0.717, 1.165) is 11.3 Å². The summed E-state index contributed by atoms with van der Waals surface area (Å²) in [5.74, 6) is 1.01. The van der Waals surface area contributed by atoms with Gasteiger partial charge < -0.3 is 5.11 Å². The summed E-state index contributed by atoms with van der Waals surface area (Å²) in [4.78, 5) is 3.96. The third-order valence-electron chi connectivity index (χ3n) is 3.29. The molecule has 0 aliphatic carbocycles. The van der Waals surface area contributed by atoms with Gasteiger partial charge in [-0.05, 0) is 11.6 Å². The SMILES string of the molecule is CC1SCC(C(O)Cc2ccncc2Cl)SC1C. The molecule has 0 radical (unpaired) electrons. The van der Waals surface area contributed by atoms with Gasteiger partial charge in [0.1, 0.15) is 0 Å². The molecule has 2 nitrogen and oxygen atoms in total. The van der Waals surface area contributed by atoms with E-state index in [2.05, 4.69) is 18.8 Å². The second kappa shape index (κ2) is 6.51. The number of thioether (sulfide) groups is 2. The Labute approximate surface area is 122 Å². The lowest BCUT2D eigenvalue weighted by atomic mass is 10.1. The fourth-order valence-corrected chi connectivity index (χ4v) is 5.15. The number of halogens is 1. The summed E-state index contributed by atoms with van der Waals surface area (Å²) in [5.41, 5.74) is 0.982. The second-order valence-corrected chi connectivity index (χ2v) is 8.10. The third kappa shape index (κ3) is 3.56. The van der Waals surface area contributed by atoms with Crippen LogP contribution in [-0.4, -0.2) is 37.7 Å². The molecule has 0 saturated carbocycles. The van der Waals surface area contributed by atoms with Crippen molar-refractivity contribution in [2.45, 2.75) is 42.1 Å². The van der Waals surface area contributed by atoms with Crippen LogP contribution < -0.4 is 0 Å². The quantitative estimate of drug-likeness (QED) is 0.929. The van der Waals surface area contributed by atoms with Crippen molar-refractivity contribution >= 4 is 35.1 Å². The van der Waals surface area contributed by atoms with E-state index >= 15 is 0 Å². The number of hydrogen-bond donors (Lipinski definition) is 1. The van der Waals surface area contributed by atoms with Crippen LogP contribution in [0.15, 0.2) is 18.5 Å². The summed E-state index contributed by atoms with van der Waals surface area (Å²) in [7, 11) is 0. The molecule has 1 aromatic heterocycles. The van der Waals surface area contributed by atoms with Gasteiger partial charge in [-0.3, -0.25) is 4.98 Å². The topological polar surface area (TPSA) is 33.1 Å². The first-order valence-electron chi connectivity index (χ1n) is 6.11. The second-order valence-electron chi connectivity index (χ2n) is 4.66. The van der Waals surface area contributed by atoms with Gasteiger partial charge in [0, 0.05) is 40.3 Å². The number of nitrogens with zero attached hydrogens (tertiary/aromatic N) is 1. The van der Waals surface area contributed by atoms with E-state index in [1.54, 1.807) is 12.4 Å². The fraction of sp³-hybridized carbons (Fsp3) is 0.615. The van der Waals surface area contributed by atoms with Crippen molar-refractivity contribution in [3.8, 4) is 0 Å². The molecule has 18 heavy (non-hydrogen) atoms. The van der Waals surface area contributed by atoms with Crippen LogP contribution >= 0.6 is 35.1 Å². The average Bonchev–Trinajstić information content (AvgIpc) is 2.35. The standard InChI is InChI=1S/C13H18ClNOS2/c1-8-9(2)18-13(7-17-8)12(16)5-10-3-4-15-6-11(10)14/h3-4,6,8-9,12-13,16H,5,7H2,1-2H3. The van der Waals surface area contributed by atoms with Gasteiger partial charge in [-0.25, -0.2) is 0 Å². The van der Waals surface area contributed by atoms with Crippen LogP contribution in [0, 0.1) is 0 Å². The van der Waals surface area contributed by atoms with Gasteiger partial charge in [-0.1, -0.05) is 25.4 Å². The Kier molecular flexibility index (Phi) is 5.24. The highest BCUT2D eigenvalue weighted by Gasteiger charge is 2.30. The summed E-state index contributed by atoms with van der Waals surface area (Å²) in [6.45, 7) is 4.49. The minimum atomic E-state index is -0.336. The summed E-state index contributed by atoms with van der Waals surface area (Å²) in [6.07, 6.45) is 3.64. The summed E-state index contributed by atoms with van der Waals surface area (Å²) in [6, 6.07) is 1.89. The van der Waals surface area contributed by atoms with Crippen LogP contribution in [0.4, 0.5) is 0 Å². The van der Waals surface area contributed by atoms with Crippen molar-refractivity contribution in [1.82, 2.24) is 4.98 Å². The molecule has 0 aromatic carbocycles. The highest BCUT2D eigenvalue weighted by molar-refractivity contribution is 8.07. The van der Waals surface area contributed by atoms with E-state index in [1.165, 1.54) is 0 Å². The van der Waals surface area contributed by atoms with Crippen LogP contribution in [0.25, 0.3) is 0 Å². The molecule has 1 aromatic rings. The van der Waals surface area contributed by atoms with Crippen LogP contribution in [0.1, 0.15) is 19.4 Å². The normalized spacial score (nSPS) is 30.1. The van der Waals surface area contributed by atoms with Gasteiger partial charge >= 0.3 is 0 Å². The Bertz CT molecular complexity index is 404. The smallest absolute Gasteiger partial charge is 0.0707 e. The van der Waals surface area contributed by atoms with Crippen LogP contribution in [0.5, 0.6) is 0 Å². The maximum absolute atomic E-state index is 10.3. The molecular formula is C13H18ClNOS2. The van der Waals surface area contributed by atoms with Gasteiger partial charge in [0.05, 0.1) is 11.1 Å². The Morgan fingerprint density at radius 1 is 1.50 bits per heavy atom. The molecule has 2 rings (SSSR count). The minimum Gasteiger partial charge on any atom is -0.392 e. The molecular weight excluding hydrogens is 286 g/mol. The number of rotatable bonds is 3. The summed E-state index contributed by atoms with van der Waals surface area (Å²) < 4.78 is 0. The first-order chi connectivity index (χ1) is 8.58. The Morgan fingerprint density at radius 3 is 2.94 bits per heavy atom. The maximum atomic E-state index is 10.3. The zero-order valence-electron chi connectivity index (χ0n) is 10.5. The molecule has 1 saturated heterocycles. The van der Waals surface area contributed by atoms with E-state index in [0.29, 0.717) is 27.2 Å². The number of aliphatic hydroxyl groups is 1. The number of aromatic nitrogens is 1. The van der Waals surface area contributed by atoms with Gasteiger partial charge in [0.2, 0.25) is 0 Å². The zero-order valence-corrected chi connectivity index (χ0v) is 12.9. The van der Waals surface area contributed by atoms with E-state index in [9.17, 15) is 5.11 Å². The average molecular weight is 304 g/mol. The Balaban J connectivity index is 1.96. The van der Waals surface area contributed by atoms with Gasteiger partial charge in [-0.15, -0.1) is 0 Å². The molecule has 5 heteroatoms. The van der Waals surface area contributed by atoms with Crippen LogP contribution in [0.2, 0.25) is 5.02 Å². The fourth-order valence-electron chi connectivity index (χ4n) is 1.94. The van der Waals surface area contributed by atoms with Crippen LogP contribution in [-0.2, 0) is 6.42 Å². The largest absolute Gasteiger partial charge is 0.392 e. The lowest BCUT2D eigenvalue weighted by Gasteiger charge is -2.33. The Hall–Kier alpha value is 0.1000. The third-order valence-corrected chi connectivity index (χ3v) is 7.17. The molecule has 1 aliphatic heterocycles. The lowest BCUT2D eigenvalue weighted by Crippen LogP contribution is -2.35. The maximum Gasteiger partial charge on any atom is 0.0707 e. The number of pyridine rings is 1. The molecule has 4 atom stereocenters. The van der Waals surface area contributed by atoms with Gasteiger partial charge in [0.25, 0.3) is 0 Å². The zero-order chi connectivity index (χ0) is 13.1. The summed E-state index contributed by atoms with van der Waals surface area (Å²) >= 11 is 9.92. The molecule has 1 aliphatic rings. The first-order valence-corrected chi connectivity index (χ1v) is 8.48. The lowest BCUT2D eigenvalue weighted by molar-refractivity contribution is 0.177. The van der Waals surface area contributed by atoms with Crippen molar-refractivity contribution < 1.29 is 5.11 Å². The van der Waals surface area contributed by atoms with Crippen molar-refractivity contribution in [3.63, 3.8) is 0 Å². The minimum absolute atomic E-state index is 0.297. The molecule has 0 bridgehead atoms. The highest BCUT2D eigenvalue weighted by Crippen LogP contribution is 2.37. The van der Waals surface area contributed by atoms with Crippen molar-refractivity contribution in [2.24, 2.45) is 0 Å². The first kappa shape index (κ1) is 14.5. The van der Waals surface area contributed by atoms with E-state index in [1.807, 2.05) is 29.6 Å². The molecule has 4 unspecified atom stereocenters. The predicted octanol–water partition coefficient (Wildman–Crippen LogP) is 3.26. The summed E-state index contributed by atoms with van der Waals surface area (Å²) in [5, 5.41) is 12.5. The molecule has 2 heterocycles. The van der Waals surface area contributed by atoms with Gasteiger partial charge in [-0.2, -0.15) is 23.5 Å².